The summed E-state index contributed by atoms with van der Waals surface area (Å²) in [5.74, 6) is 0.869. The fourth-order valence-electron chi connectivity index (χ4n) is 3.20. The third-order valence-electron chi connectivity index (χ3n) is 4.17. The van der Waals surface area contributed by atoms with E-state index < -0.39 is 0 Å². The number of rotatable bonds is 2. The highest BCUT2D eigenvalue weighted by Crippen LogP contribution is 2.39. The van der Waals surface area contributed by atoms with Gasteiger partial charge in [0.15, 0.2) is 0 Å². The number of aromatic nitrogens is 1. The summed E-state index contributed by atoms with van der Waals surface area (Å²) in [6, 6.07) is 16.5. The van der Waals surface area contributed by atoms with Crippen molar-refractivity contribution in [1.29, 1.82) is 0 Å². The number of fused-ring (bicyclic) bond motifs is 3. The Morgan fingerprint density at radius 3 is 2.81 bits per heavy atom. The van der Waals surface area contributed by atoms with Crippen molar-refractivity contribution in [3.05, 3.63) is 65.4 Å². The number of nitrogens with one attached hydrogen (secondary N) is 1. The van der Waals surface area contributed by atoms with Crippen LogP contribution in [0, 0.1) is 0 Å². The lowest BCUT2D eigenvalue weighted by Crippen LogP contribution is -2.17. The highest BCUT2D eigenvalue weighted by Gasteiger charge is 2.28. The standard InChI is InChI=1S/C18H17NO2/c1-20-16-9-5-3-7-14(16)18-17-13(10-11-21-18)12-6-2-4-8-15(12)19-17/h2-9,18-19H,10-11H2,1H3. The Kier molecular flexibility index (Phi) is 2.93. The summed E-state index contributed by atoms with van der Waals surface area (Å²) in [6.45, 7) is 0.734. The molecule has 0 saturated carbocycles. The molecule has 3 heteroatoms. The van der Waals surface area contributed by atoms with Crippen molar-refractivity contribution in [1.82, 2.24) is 4.98 Å². The lowest BCUT2D eigenvalue weighted by atomic mass is 9.97. The lowest BCUT2D eigenvalue weighted by molar-refractivity contribution is 0.0660. The van der Waals surface area contributed by atoms with Gasteiger partial charge in [0.1, 0.15) is 11.9 Å². The third-order valence-corrected chi connectivity index (χ3v) is 4.17. The maximum atomic E-state index is 6.05. The van der Waals surface area contributed by atoms with E-state index in [0.717, 1.165) is 30.0 Å². The summed E-state index contributed by atoms with van der Waals surface area (Å²) >= 11 is 0. The zero-order valence-corrected chi connectivity index (χ0v) is 11.9. The van der Waals surface area contributed by atoms with Gasteiger partial charge in [-0.1, -0.05) is 36.4 Å². The zero-order chi connectivity index (χ0) is 14.2. The molecule has 106 valence electrons. The van der Waals surface area contributed by atoms with E-state index in [-0.39, 0.29) is 6.10 Å². The van der Waals surface area contributed by atoms with Crippen LogP contribution in [0.4, 0.5) is 0 Å². The first-order valence-electron chi connectivity index (χ1n) is 7.22. The summed E-state index contributed by atoms with van der Waals surface area (Å²) < 4.78 is 11.5. The topological polar surface area (TPSA) is 34.2 Å². The van der Waals surface area contributed by atoms with Gasteiger partial charge in [0.25, 0.3) is 0 Å². The molecular weight excluding hydrogens is 262 g/mol. The largest absolute Gasteiger partial charge is 0.496 e. The molecule has 2 heterocycles. The molecule has 2 aromatic carbocycles. The highest BCUT2D eigenvalue weighted by molar-refractivity contribution is 5.85. The molecule has 1 aliphatic heterocycles. The maximum Gasteiger partial charge on any atom is 0.126 e. The molecule has 1 aromatic heterocycles. The fraction of sp³-hybridized carbons (Fsp3) is 0.222. The Balaban J connectivity index is 1.90. The third kappa shape index (κ3) is 1.93. The van der Waals surface area contributed by atoms with E-state index in [1.165, 1.54) is 16.5 Å². The zero-order valence-electron chi connectivity index (χ0n) is 11.9. The average Bonchev–Trinajstić information content (AvgIpc) is 2.93. The molecule has 21 heavy (non-hydrogen) atoms. The van der Waals surface area contributed by atoms with Crippen molar-refractivity contribution in [3.8, 4) is 5.75 Å². The Morgan fingerprint density at radius 2 is 1.90 bits per heavy atom. The molecule has 0 radical (unpaired) electrons. The van der Waals surface area contributed by atoms with Crippen molar-refractivity contribution in [2.75, 3.05) is 13.7 Å². The second-order valence-corrected chi connectivity index (χ2v) is 5.31. The number of hydrogen-bond donors (Lipinski definition) is 1. The van der Waals surface area contributed by atoms with Crippen LogP contribution in [-0.2, 0) is 11.2 Å². The fourth-order valence-corrected chi connectivity index (χ4v) is 3.20. The van der Waals surface area contributed by atoms with Gasteiger partial charge in [-0.3, -0.25) is 0 Å². The number of H-pyrrole nitrogens is 1. The minimum absolute atomic E-state index is 0.0858. The summed E-state index contributed by atoms with van der Waals surface area (Å²) in [5, 5.41) is 1.30. The van der Waals surface area contributed by atoms with Crippen molar-refractivity contribution in [2.45, 2.75) is 12.5 Å². The maximum absolute atomic E-state index is 6.05. The summed E-state index contributed by atoms with van der Waals surface area (Å²) in [6.07, 6.45) is 0.864. The van der Waals surface area contributed by atoms with Crippen LogP contribution in [0.1, 0.15) is 22.9 Å². The van der Waals surface area contributed by atoms with Gasteiger partial charge < -0.3 is 14.5 Å². The molecule has 0 spiro atoms. The number of aromatic amines is 1. The Morgan fingerprint density at radius 1 is 1.10 bits per heavy atom. The second-order valence-electron chi connectivity index (χ2n) is 5.31. The molecular formula is C18H17NO2. The van der Waals surface area contributed by atoms with Crippen LogP contribution < -0.4 is 4.74 Å². The van der Waals surface area contributed by atoms with Crippen LogP contribution in [0.5, 0.6) is 5.75 Å². The molecule has 0 saturated heterocycles. The van der Waals surface area contributed by atoms with Gasteiger partial charge in [0, 0.05) is 16.5 Å². The molecule has 0 aliphatic carbocycles. The number of para-hydroxylation sites is 2. The minimum Gasteiger partial charge on any atom is -0.496 e. The van der Waals surface area contributed by atoms with Crippen molar-refractivity contribution in [3.63, 3.8) is 0 Å². The molecule has 3 nitrogen and oxygen atoms in total. The molecule has 1 unspecified atom stereocenters. The van der Waals surface area contributed by atoms with Crippen molar-refractivity contribution >= 4 is 10.9 Å². The van der Waals surface area contributed by atoms with Crippen LogP contribution in [0.25, 0.3) is 10.9 Å². The average molecular weight is 279 g/mol. The minimum atomic E-state index is -0.0858. The number of methoxy groups -OCH3 is 1. The van der Waals surface area contributed by atoms with E-state index in [9.17, 15) is 0 Å². The number of ether oxygens (including phenoxy) is 2. The molecule has 0 fully saturated rings. The van der Waals surface area contributed by atoms with Gasteiger partial charge in [-0.2, -0.15) is 0 Å². The van der Waals surface area contributed by atoms with Crippen LogP contribution in [-0.4, -0.2) is 18.7 Å². The molecule has 0 amide bonds. The van der Waals surface area contributed by atoms with E-state index >= 15 is 0 Å². The SMILES string of the molecule is COc1ccccc1C1OCCc2c1[nH]c1ccccc21. The molecule has 1 aliphatic rings. The first kappa shape index (κ1) is 12.5. The van der Waals surface area contributed by atoms with E-state index in [4.69, 9.17) is 9.47 Å². The normalized spacial score (nSPS) is 17.7. The molecule has 3 aromatic rings. The summed E-state index contributed by atoms with van der Waals surface area (Å²) in [7, 11) is 1.70. The van der Waals surface area contributed by atoms with E-state index in [0.29, 0.717) is 0 Å². The Bertz CT molecular complexity index is 791. The van der Waals surface area contributed by atoms with Gasteiger partial charge >= 0.3 is 0 Å². The Labute approximate surface area is 123 Å². The van der Waals surface area contributed by atoms with E-state index in [2.05, 4.69) is 35.3 Å². The van der Waals surface area contributed by atoms with Gasteiger partial charge in [-0.15, -0.1) is 0 Å². The lowest BCUT2D eigenvalue weighted by Gasteiger charge is -2.25. The first-order valence-corrected chi connectivity index (χ1v) is 7.22. The van der Waals surface area contributed by atoms with Gasteiger partial charge in [-0.05, 0) is 24.1 Å². The molecule has 0 bridgehead atoms. The van der Waals surface area contributed by atoms with E-state index in [1.54, 1.807) is 7.11 Å². The summed E-state index contributed by atoms with van der Waals surface area (Å²) in [5.41, 5.74) is 4.78. The van der Waals surface area contributed by atoms with Gasteiger partial charge in [0.05, 0.1) is 19.4 Å². The molecule has 4 rings (SSSR count). The Hall–Kier alpha value is -2.26. The molecule has 1 N–H and O–H groups in total. The van der Waals surface area contributed by atoms with Gasteiger partial charge in [-0.25, -0.2) is 0 Å². The quantitative estimate of drug-likeness (QED) is 0.773. The predicted octanol–water partition coefficient (Wildman–Crippen LogP) is 3.84. The van der Waals surface area contributed by atoms with Crippen LogP contribution in [0.3, 0.4) is 0 Å². The number of benzene rings is 2. The number of hydrogen-bond acceptors (Lipinski definition) is 2. The van der Waals surface area contributed by atoms with Crippen LogP contribution >= 0.6 is 0 Å². The predicted molar refractivity (Wildman–Crippen MR) is 82.8 cm³/mol. The smallest absolute Gasteiger partial charge is 0.126 e. The monoisotopic (exact) mass is 279 g/mol. The van der Waals surface area contributed by atoms with E-state index in [1.807, 2.05) is 18.2 Å². The van der Waals surface area contributed by atoms with Crippen molar-refractivity contribution in [2.24, 2.45) is 0 Å². The van der Waals surface area contributed by atoms with Crippen LogP contribution in [0.2, 0.25) is 0 Å². The first-order chi connectivity index (χ1) is 10.4. The molecule has 1 atom stereocenters. The highest BCUT2D eigenvalue weighted by atomic mass is 16.5. The van der Waals surface area contributed by atoms with Crippen LogP contribution in [0.15, 0.2) is 48.5 Å². The van der Waals surface area contributed by atoms with Gasteiger partial charge in [0.2, 0.25) is 0 Å². The summed E-state index contributed by atoms with van der Waals surface area (Å²) in [4.78, 5) is 3.54. The van der Waals surface area contributed by atoms with Crippen molar-refractivity contribution < 1.29 is 9.47 Å². The second kappa shape index (κ2) is 4.93.